The maximum absolute atomic E-state index is 13.1. The number of aliphatic hydroxyl groups excluding tert-OH is 1. The van der Waals surface area contributed by atoms with Crippen LogP contribution in [0.1, 0.15) is 35.3 Å². The third-order valence-corrected chi connectivity index (χ3v) is 5.77. The fourth-order valence-electron chi connectivity index (χ4n) is 4.21. The predicted molar refractivity (Wildman–Crippen MR) is 114 cm³/mol. The molecule has 2 amide bonds. The second-order valence-electron chi connectivity index (χ2n) is 8.15. The molecule has 9 nitrogen and oxygen atoms in total. The molecule has 1 aromatic carbocycles. The second-order valence-corrected chi connectivity index (χ2v) is 8.15. The number of ether oxygens (including phenoxy) is 2. The molecule has 0 bridgehead atoms. The standard InChI is InChI=1S/C23H28N4O5/c28-17-13-27(23(30)19-12-24-8-9-25-19)20-7-6-18(32-21(20)15-31-14-17)10-22(29)26-11-16-4-2-1-3-5-16/h1-5,8-9,12,17-18,20-21,28H,6-7,10-11,13-15H2,(H,26,29)/t17-,18+,20-,21+/m0/s1. The minimum absolute atomic E-state index is 0.0769. The molecule has 2 aliphatic rings. The van der Waals surface area contributed by atoms with E-state index in [9.17, 15) is 14.7 Å². The molecule has 1 aromatic heterocycles. The van der Waals surface area contributed by atoms with E-state index in [2.05, 4.69) is 15.3 Å². The highest BCUT2D eigenvalue weighted by Crippen LogP contribution is 2.28. The molecule has 32 heavy (non-hydrogen) atoms. The number of aliphatic hydroxyl groups is 1. The Morgan fingerprint density at radius 1 is 1.16 bits per heavy atom. The van der Waals surface area contributed by atoms with Crippen molar-refractivity contribution in [2.45, 2.75) is 50.2 Å². The number of nitrogens with one attached hydrogen (secondary N) is 1. The summed E-state index contributed by atoms with van der Waals surface area (Å²) in [6, 6.07) is 9.46. The summed E-state index contributed by atoms with van der Waals surface area (Å²) in [6.45, 7) is 0.954. The van der Waals surface area contributed by atoms with E-state index in [1.54, 1.807) is 4.90 Å². The van der Waals surface area contributed by atoms with Crippen LogP contribution in [-0.4, -0.2) is 75.9 Å². The van der Waals surface area contributed by atoms with E-state index in [1.807, 2.05) is 30.3 Å². The Labute approximate surface area is 186 Å². The highest BCUT2D eigenvalue weighted by molar-refractivity contribution is 5.92. The second kappa shape index (κ2) is 10.6. The quantitative estimate of drug-likeness (QED) is 0.711. The van der Waals surface area contributed by atoms with Gasteiger partial charge < -0.3 is 24.8 Å². The summed E-state index contributed by atoms with van der Waals surface area (Å²) < 4.78 is 11.8. The average Bonchev–Trinajstić information content (AvgIpc) is 2.81. The molecule has 0 radical (unpaired) electrons. The van der Waals surface area contributed by atoms with E-state index >= 15 is 0 Å². The third kappa shape index (κ3) is 5.67. The monoisotopic (exact) mass is 440 g/mol. The van der Waals surface area contributed by atoms with Crippen LogP contribution in [0, 0.1) is 0 Å². The smallest absolute Gasteiger partial charge is 0.274 e. The molecule has 2 fully saturated rings. The molecular weight excluding hydrogens is 412 g/mol. The van der Waals surface area contributed by atoms with Gasteiger partial charge in [0.1, 0.15) is 11.8 Å². The number of fused-ring (bicyclic) bond motifs is 1. The lowest BCUT2D eigenvalue weighted by molar-refractivity contribution is -0.151. The van der Waals surface area contributed by atoms with Crippen molar-refractivity contribution < 1.29 is 24.2 Å². The zero-order chi connectivity index (χ0) is 22.3. The Morgan fingerprint density at radius 3 is 2.78 bits per heavy atom. The summed E-state index contributed by atoms with van der Waals surface area (Å²) >= 11 is 0. The molecule has 2 N–H and O–H groups in total. The number of hydrogen-bond acceptors (Lipinski definition) is 7. The maximum Gasteiger partial charge on any atom is 0.274 e. The molecule has 170 valence electrons. The fourth-order valence-corrected chi connectivity index (χ4v) is 4.21. The normalized spacial score (nSPS) is 25.8. The largest absolute Gasteiger partial charge is 0.389 e. The number of carbonyl (C=O) groups is 2. The van der Waals surface area contributed by atoms with Crippen molar-refractivity contribution in [3.05, 3.63) is 60.2 Å². The first kappa shape index (κ1) is 22.3. The molecule has 2 saturated heterocycles. The van der Waals surface area contributed by atoms with E-state index in [1.165, 1.54) is 18.6 Å². The Kier molecular flexibility index (Phi) is 7.41. The van der Waals surface area contributed by atoms with Crippen LogP contribution in [0.25, 0.3) is 0 Å². The van der Waals surface area contributed by atoms with Gasteiger partial charge >= 0.3 is 0 Å². The van der Waals surface area contributed by atoms with Gasteiger partial charge in [0.15, 0.2) is 0 Å². The fraction of sp³-hybridized carbons (Fsp3) is 0.478. The van der Waals surface area contributed by atoms with Gasteiger partial charge in [-0.1, -0.05) is 30.3 Å². The van der Waals surface area contributed by atoms with Crippen molar-refractivity contribution in [1.29, 1.82) is 0 Å². The van der Waals surface area contributed by atoms with E-state index < -0.39 is 6.10 Å². The Bertz CT molecular complexity index is 898. The summed E-state index contributed by atoms with van der Waals surface area (Å²) in [4.78, 5) is 35.2. The van der Waals surface area contributed by atoms with Crippen LogP contribution >= 0.6 is 0 Å². The SMILES string of the molecule is O=C(C[C@H]1CC[C@H]2[C@@H](COC[C@@H](O)CN2C(=O)c2cnccn2)O1)NCc1ccccc1. The first-order valence-corrected chi connectivity index (χ1v) is 10.9. The van der Waals surface area contributed by atoms with Gasteiger partial charge in [-0.05, 0) is 18.4 Å². The molecule has 4 rings (SSSR count). The number of hydrogen-bond donors (Lipinski definition) is 2. The van der Waals surface area contributed by atoms with E-state index in [4.69, 9.17) is 9.47 Å². The van der Waals surface area contributed by atoms with Crippen molar-refractivity contribution in [3.63, 3.8) is 0 Å². The summed E-state index contributed by atoms with van der Waals surface area (Å²) in [5.41, 5.74) is 1.26. The lowest BCUT2D eigenvalue weighted by atomic mass is 9.94. The van der Waals surface area contributed by atoms with Gasteiger partial charge in [-0.25, -0.2) is 4.98 Å². The van der Waals surface area contributed by atoms with Crippen LogP contribution in [0.4, 0.5) is 0 Å². The molecule has 2 aliphatic heterocycles. The van der Waals surface area contributed by atoms with E-state index in [-0.39, 0.29) is 61.9 Å². The highest BCUT2D eigenvalue weighted by atomic mass is 16.5. The number of rotatable bonds is 5. The van der Waals surface area contributed by atoms with Gasteiger partial charge in [-0.2, -0.15) is 0 Å². The molecule has 3 heterocycles. The first-order valence-electron chi connectivity index (χ1n) is 10.9. The summed E-state index contributed by atoms with van der Waals surface area (Å²) in [5, 5.41) is 13.2. The maximum atomic E-state index is 13.1. The molecule has 0 unspecified atom stereocenters. The molecule has 0 saturated carbocycles. The van der Waals surface area contributed by atoms with Crippen molar-refractivity contribution in [2.24, 2.45) is 0 Å². The van der Waals surface area contributed by atoms with Crippen LogP contribution in [-0.2, 0) is 20.8 Å². The molecular formula is C23H28N4O5. The molecule has 0 spiro atoms. The number of β-amino-alcohol motifs (C(OH)–C–C–N with tert-alkyl or cyclic N) is 1. The number of carbonyl (C=O) groups excluding carboxylic acids is 2. The zero-order valence-electron chi connectivity index (χ0n) is 17.8. The van der Waals surface area contributed by atoms with Crippen LogP contribution in [0.5, 0.6) is 0 Å². The van der Waals surface area contributed by atoms with Crippen LogP contribution in [0.15, 0.2) is 48.9 Å². The zero-order valence-corrected chi connectivity index (χ0v) is 17.8. The van der Waals surface area contributed by atoms with Crippen molar-refractivity contribution >= 4 is 11.8 Å². The number of nitrogens with zero attached hydrogens (tertiary/aromatic N) is 3. The molecule has 0 aliphatic carbocycles. The van der Waals surface area contributed by atoms with Gasteiger partial charge in [0.2, 0.25) is 5.91 Å². The van der Waals surface area contributed by atoms with Gasteiger partial charge in [0.05, 0.1) is 44.1 Å². The van der Waals surface area contributed by atoms with E-state index in [0.717, 1.165) is 5.56 Å². The lowest BCUT2D eigenvalue weighted by Gasteiger charge is -2.44. The lowest BCUT2D eigenvalue weighted by Crippen LogP contribution is -2.57. The van der Waals surface area contributed by atoms with Crippen LogP contribution in [0.3, 0.4) is 0 Å². The summed E-state index contributed by atoms with van der Waals surface area (Å²) in [7, 11) is 0. The minimum Gasteiger partial charge on any atom is -0.389 e. The van der Waals surface area contributed by atoms with E-state index in [0.29, 0.717) is 19.4 Å². The predicted octanol–water partition coefficient (Wildman–Crippen LogP) is 0.933. The Morgan fingerprint density at radius 2 is 2.00 bits per heavy atom. The van der Waals surface area contributed by atoms with Crippen LogP contribution in [0.2, 0.25) is 0 Å². The number of benzene rings is 1. The van der Waals surface area contributed by atoms with Crippen LogP contribution < -0.4 is 5.32 Å². The summed E-state index contributed by atoms with van der Waals surface area (Å²) in [6.07, 6.45) is 4.47. The van der Waals surface area contributed by atoms with Gasteiger partial charge in [-0.3, -0.25) is 14.6 Å². The first-order chi connectivity index (χ1) is 15.6. The molecule has 4 atom stereocenters. The molecule has 9 heteroatoms. The van der Waals surface area contributed by atoms with Crippen molar-refractivity contribution in [3.8, 4) is 0 Å². The number of amides is 2. The topological polar surface area (TPSA) is 114 Å². The minimum atomic E-state index is -0.793. The van der Waals surface area contributed by atoms with Crippen molar-refractivity contribution in [1.82, 2.24) is 20.2 Å². The molecule has 2 aromatic rings. The Balaban J connectivity index is 1.38. The summed E-state index contributed by atoms with van der Waals surface area (Å²) in [5.74, 6) is -0.372. The third-order valence-electron chi connectivity index (χ3n) is 5.77. The van der Waals surface area contributed by atoms with Crippen molar-refractivity contribution in [2.75, 3.05) is 19.8 Å². The Hall–Kier alpha value is -2.88. The van der Waals surface area contributed by atoms with Gasteiger partial charge in [0, 0.05) is 25.5 Å². The van der Waals surface area contributed by atoms with Gasteiger partial charge in [-0.15, -0.1) is 0 Å². The average molecular weight is 441 g/mol. The highest BCUT2D eigenvalue weighted by Gasteiger charge is 2.40. The number of aromatic nitrogens is 2. The van der Waals surface area contributed by atoms with Gasteiger partial charge in [0.25, 0.3) is 5.91 Å².